The topological polar surface area (TPSA) is 23.8 Å². The Hall–Kier alpha value is 0.260. The van der Waals surface area contributed by atoms with Crippen molar-refractivity contribution in [2.24, 2.45) is 0 Å². The zero-order valence-corrected chi connectivity index (χ0v) is 4.91. The lowest BCUT2D eigenvalue weighted by molar-refractivity contribution is 1.49. The van der Waals surface area contributed by atoms with E-state index in [9.17, 15) is 0 Å². The lowest BCUT2D eigenvalue weighted by Crippen LogP contribution is -1.47. The van der Waals surface area contributed by atoms with Gasteiger partial charge in [-0.05, 0) is 0 Å². The molecule has 30 valence electrons. The van der Waals surface area contributed by atoms with Crippen LogP contribution in [0.25, 0.3) is 0 Å². The van der Waals surface area contributed by atoms with Crippen LogP contribution in [0.4, 0.5) is 0 Å². The lowest BCUT2D eigenvalue weighted by atomic mass is 10.9. The molecular formula is C2H3BrClN. The minimum Gasteiger partial charge on any atom is -0.197 e. The van der Waals surface area contributed by atoms with Crippen LogP contribution < -0.4 is 0 Å². The lowest BCUT2D eigenvalue weighted by Gasteiger charge is -1.44. The molecule has 0 N–H and O–H groups in total. The second-order valence-electron chi connectivity index (χ2n) is 0.292. The summed E-state index contributed by atoms with van der Waals surface area (Å²) in [5, 5.41) is 7.49. The van der Waals surface area contributed by atoms with Crippen LogP contribution in [0.15, 0.2) is 0 Å². The minimum atomic E-state index is 0. The van der Waals surface area contributed by atoms with Crippen molar-refractivity contribution in [2.75, 3.05) is 5.88 Å². The quantitative estimate of drug-likeness (QED) is 0.485. The molecule has 0 unspecified atom stereocenters. The third kappa shape index (κ3) is 13.7. The van der Waals surface area contributed by atoms with Gasteiger partial charge in [0.15, 0.2) is 0 Å². The van der Waals surface area contributed by atoms with Crippen LogP contribution in [-0.2, 0) is 0 Å². The predicted octanol–water partition coefficient (Wildman–Crippen LogP) is 1.33. The van der Waals surface area contributed by atoms with E-state index in [-0.39, 0.29) is 22.9 Å². The molecule has 0 aromatic rings. The molecule has 0 aromatic carbocycles. The number of nitrogens with zero attached hydrogens (tertiary/aromatic N) is 1. The van der Waals surface area contributed by atoms with Gasteiger partial charge in [0.2, 0.25) is 0 Å². The van der Waals surface area contributed by atoms with E-state index in [1.807, 2.05) is 0 Å². The summed E-state index contributed by atoms with van der Waals surface area (Å²) in [5.74, 6) is 0.0972. The van der Waals surface area contributed by atoms with Gasteiger partial charge in [0.25, 0.3) is 0 Å². The molecular weight excluding hydrogens is 153 g/mol. The van der Waals surface area contributed by atoms with E-state index in [0.717, 1.165) is 0 Å². The van der Waals surface area contributed by atoms with E-state index < -0.39 is 0 Å². The average molecular weight is 156 g/mol. The number of alkyl halides is 1. The molecule has 0 rings (SSSR count). The van der Waals surface area contributed by atoms with E-state index >= 15 is 0 Å². The maximum atomic E-state index is 7.49. The van der Waals surface area contributed by atoms with Crippen molar-refractivity contribution in [3.8, 4) is 6.07 Å². The Bertz CT molecular complexity index is 39.4. The van der Waals surface area contributed by atoms with Crippen molar-refractivity contribution in [1.82, 2.24) is 0 Å². The minimum absolute atomic E-state index is 0. The zero-order chi connectivity index (χ0) is 3.41. The molecule has 0 fully saturated rings. The highest BCUT2D eigenvalue weighted by Gasteiger charge is 1.52. The average Bonchev–Trinajstić information content (AvgIpc) is 1.37. The van der Waals surface area contributed by atoms with Gasteiger partial charge in [-0.25, -0.2) is 0 Å². The first-order valence-electron chi connectivity index (χ1n) is 0.844. The maximum absolute atomic E-state index is 7.49. The highest BCUT2D eigenvalue weighted by Crippen LogP contribution is 1.61. The van der Waals surface area contributed by atoms with E-state index in [4.69, 9.17) is 16.9 Å². The van der Waals surface area contributed by atoms with Gasteiger partial charge in [-0.2, -0.15) is 5.26 Å². The summed E-state index contributed by atoms with van der Waals surface area (Å²) < 4.78 is 0. The highest BCUT2D eigenvalue weighted by atomic mass is 79.9. The Labute approximate surface area is 46.3 Å². The van der Waals surface area contributed by atoms with Gasteiger partial charge in [0, 0.05) is 0 Å². The van der Waals surface area contributed by atoms with E-state index in [2.05, 4.69) is 0 Å². The summed E-state index contributed by atoms with van der Waals surface area (Å²) in [7, 11) is 0. The normalized spacial score (nSPS) is 4.00. The van der Waals surface area contributed by atoms with Crippen LogP contribution in [0, 0.1) is 11.3 Å². The molecule has 3 heteroatoms. The smallest absolute Gasteiger partial charge is 0.109 e. The summed E-state index contributed by atoms with van der Waals surface area (Å²) in [4.78, 5) is 0. The Morgan fingerprint density at radius 1 is 1.80 bits per heavy atom. The number of halogens is 2. The molecule has 0 spiro atoms. The van der Waals surface area contributed by atoms with Crippen molar-refractivity contribution in [3.05, 3.63) is 0 Å². The Morgan fingerprint density at radius 2 is 2.00 bits per heavy atom. The van der Waals surface area contributed by atoms with Gasteiger partial charge in [-0.1, -0.05) is 0 Å². The molecule has 0 amide bonds. The monoisotopic (exact) mass is 155 g/mol. The standard InChI is InChI=1S/C2H2ClN.BrH/c3-1-2-4;/h1H2;1H. The Balaban J connectivity index is 0. The summed E-state index contributed by atoms with van der Waals surface area (Å²) in [6.07, 6.45) is 0. The Morgan fingerprint density at radius 3 is 2.00 bits per heavy atom. The van der Waals surface area contributed by atoms with Crippen molar-refractivity contribution in [3.63, 3.8) is 0 Å². The molecule has 0 heterocycles. The van der Waals surface area contributed by atoms with Crippen LogP contribution in [0.3, 0.4) is 0 Å². The van der Waals surface area contributed by atoms with Gasteiger partial charge in [0.1, 0.15) is 5.88 Å². The number of rotatable bonds is 0. The van der Waals surface area contributed by atoms with Gasteiger partial charge in [-0.3, -0.25) is 0 Å². The predicted molar refractivity (Wildman–Crippen MR) is 26.7 cm³/mol. The fourth-order valence-corrected chi connectivity index (χ4v) is 0. The first-order valence-corrected chi connectivity index (χ1v) is 1.38. The molecule has 0 aromatic heterocycles. The van der Waals surface area contributed by atoms with E-state index in [0.29, 0.717) is 0 Å². The molecule has 0 saturated carbocycles. The summed E-state index contributed by atoms with van der Waals surface area (Å²) in [6, 6.07) is 1.70. The van der Waals surface area contributed by atoms with E-state index in [1.165, 1.54) is 0 Å². The van der Waals surface area contributed by atoms with Crippen molar-refractivity contribution in [2.45, 2.75) is 0 Å². The first kappa shape index (κ1) is 8.98. The molecule has 1 nitrogen and oxygen atoms in total. The molecule has 0 aliphatic heterocycles. The maximum Gasteiger partial charge on any atom is 0.109 e. The van der Waals surface area contributed by atoms with Crippen LogP contribution >= 0.6 is 28.6 Å². The van der Waals surface area contributed by atoms with Gasteiger partial charge >= 0.3 is 0 Å². The summed E-state index contributed by atoms with van der Waals surface area (Å²) in [5.41, 5.74) is 0. The molecule has 0 aliphatic rings. The van der Waals surface area contributed by atoms with Crippen LogP contribution in [0.5, 0.6) is 0 Å². The van der Waals surface area contributed by atoms with Gasteiger partial charge < -0.3 is 0 Å². The number of hydrogen-bond acceptors (Lipinski definition) is 1. The molecule has 5 heavy (non-hydrogen) atoms. The van der Waals surface area contributed by atoms with Crippen molar-refractivity contribution in [1.29, 1.82) is 5.26 Å². The number of hydrogen-bond donors (Lipinski definition) is 0. The van der Waals surface area contributed by atoms with Crippen LogP contribution in [0.1, 0.15) is 0 Å². The van der Waals surface area contributed by atoms with Gasteiger partial charge in [-0.15, -0.1) is 28.6 Å². The third-order valence-electron chi connectivity index (χ3n) is 0.0598. The molecule has 0 radical (unpaired) electrons. The molecule has 0 bridgehead atoms. The van der Waals surface area contributed by atoms with Crippen molar-refractivity contribution >= 4 is 28.6 Å². The Kier molecular flexibility index (Phi) is 15.9. The van der Waals surface area contributed by atoms with Crippen LogP contribution in [-0.4, -0.2) is 5.88 Å². The molecule has 0 saturated heterocycles. The molecule has 0 aliphatic carbocycles. The summed E-state index contributed by atoms with van der Waals surface area (Å²) >= 11 is 4.82. The fourth-order valence-electron chi connectivity index (χ4n) is 0. The number of nitriles is 1. The largest absolute Gasteiger partial charge is 0.197 e. The second kappa shape index (κ2) is 8.86. The van der Waals surface area contributed by atoms with Gasteiger partial charge in [0.05, 0.1) is 6.07 Å². The SMILES string of the molecule is Br.N#CCCl. The highest BCUT2D eigenvalue weighted by molar-refractivity contribution is 8.93. The van der Waals surface area contributed by atoms with Crippen LogP contribution in [0.2, 0.25) is 0 Å². The third-order valence-corrected chi connectivity index (χ3v) is 0.179. The zero-order valence-electron chi connectivity index (χ0n) is 2.44. The summed E-state index contributed by atoms with van der Waals surface area (Å²) in [6.45, 7) is 0. The van der Waals surface area contributed by atoms with Crippen molar-refractivity contribution < 1.29 is 0 Å². The second-order valence-corrected chi connectivity index (χ2v) is 0.559. The first-order chi connectivity index (χ1) is 1.91. The van der Waals surface area contributed by atoms with E-state index in [1.54, 1.807) is 6.07 Å². The molecule has 0 atom stereocenters. The fraction of sp³-hybridized carbons (Fsp3) is 0.500.